The van der Waals surface area contributed by atoms with Crippen LogP contribution in [-0.4, -0.2) is 0 Å². The SMILES string of the molecule is c1ccc(-c2ccc(Nc3ccc4oc5ccccc5c4c3)cc2)cc1. The first-order valence-electron chi connectivity index (χ1n) is 8.71. The molecule has 0 bridgehead atoms. The van der Waals surface area contributed by atoms with Crippen LogP contribution in [0.5, 0.6) is 0 Å². The zero-order chi connectivity index (χ0) is 17.3. The van der Waals surface area contributed by atoms with Gasteiger partial charge in [0.15, 0.2) is 0 Å². The van der Waals surface area contributed by atoms with Crippen molar-refractivity contribution in [1.29, 1.82) is 0 Å². The van der Waals surface area contributed by atoms with Crippen LogP contribution in [-0.2, 0) is 0 Å². The van der Waals surface area contributed by atoms with Crippen molar-refractivity contribution in [3.8, 4) is 11.1 Å². The molecule has 0 saturated carbocycles. The first-order chi connectivity index (χ1) is 12.9. The molecule has 0 saturated heterocycles. The number of anilines is 2. The Kier molecular flexibility index (Phi) is 3.46. The summed E-state index contributed by atoms with van der Waals surface area (Å²) in [5.74, 6) is 0. The maximum atomic E-state index is 5.89. The molecule has 0 atom stereocenters. The third kappa shape index (κ3) is 2.62. The Morgan fingerprint density at radius 3 is 2.00 bits per heavy atom. The van der Waals surface area contributed by atoms with Crippen molar-refractivity contribution in [3.63, 3.8) is 0 Å². The number of fused-ring (bicyclic) bond motifs is 3. The van der Waals surface area contributed by atoms with Crippen molar-refractivity contribution in [1.82, 2.24) is 0 Å². The molecule has 0 fully saturated rings. The largest absolute Gasteiger partial charge is 0.456 e. The fourth-order valence-electron chi connectivity index (χ4n) is 3.35. The van der Waals surface area contributed by atoms with Gasteiger partial charge in [0.05, 0.1) is 0 Å². The number of rotatable bonds is 3. The van der Waals surface area contributed by atoms with Gasteiger partial charge in [0.25, 0.3) is 0 Å². The summed E-state index contributed by atoms with van der Waals surface area (Å²) in [6, 6.07) is 33.3. The highest BCUT2D eigenvalue weighted by Gasteiger charge is 2.07. The second-order valence-electron chi connectivity index (χ2n) is 6.38. The average molecular weight is 335 g/mol. The normalized spacial score (nSPS) is 11.1. The van der Waals surface area contributed by atoms with E-state index in [4.69, 9.17) is 4.42 Å². The molecular weight excluding hydrogens is 318 g/mol. The minimum absolute atomic E-state index is 0.913. The predicted molar refractivity (Wildman–Crippen MR) is 109 cm³/mol. The van der Waals surface area contributed by atoms with Gasteiger partial charge in [-0.15, -0.1) is 0 Å². The van der Waals surface area contributed by atoms with E-state index in [1.54, 1.807) is 0 Å². The second kappa shape index (κ2) is 6.08. The van der Waals surface area contributed by atoms with Gasteiger partial charge in [0.1, 0.15) is 11.2 Å². The minimum atomic E-state index is 0.913. The Morgan fingerprint density at radius 2 is 1.15 bits per heavy atom. The van der Waals surface area contributed by atoms with Crippen molar-refractivity contribution < 1.29 is 4.42 Å². The van der Waals surface area contributed by atoms with Gasteiger partial charge in [-0.3, -0.25) is 0 Å². The Hall–Kier alpha value is -3.52. The average Bonchev–Trinajstić information content (AvgIpc) is 3.07. The van der Waals surface area contributed by atoms with Gasteiger partial charge in [-0.05, 0) is 47.5 Å². The number of furan rings is 1. The highest BCUT2D eigenvalue weighted by molar-refractivity contribution is 6.06. The topological polar surface area (TPSA) is 25.2 Å². The van der Waals surface area contributed by atoms with E-state index in [2.05, 4.69) is 72.0 Å². The lowest BCUT2D eigenvalue weighted by molar-refractivity contribution is 0.669. The van der Waals surface area contributed by atoms with Crippen molar-refractivity contribution >= 4 is 33.3 Å². The summed E-state index contributed by atoms with van der Waals surface area (Å²) >= 11 is 0. The fraction of sp³-hybridized carbons (Fsp3) is 0. The van der Waals surface area contributed by atoms with E-state index in [1.165, 1.54) is 11.1 Å². The molecule has 2 heteroatoms. The monoisotopic (exact) mass is 335 g/mol. The van der Waals surface area contributed by atoms with Gasteiger partial charge in [0, 0.05) is 22.1 Å². The molecule has 1 N–H and O–H groups in total. The lowest BCUT2D eigenvalue weighted by Crippen LogP contribution is -1.89. The first-order valence-corrected chi connectivity index (χ1v) is 8.71. The summed E-state index contributed by atoms with van der Waals surface area (Å²) in [6.45, 7) is 0. The van der Waals surface area contributed by atoms with Crippen LogP contribution in [0.25, 0.3) is 33.1 Å². The first kappa shape index (κ1) is 14.8. The van der Waals surface area contributed by atoms with Crippen molar-refractivity contribution in [2.75, 3.05) is 5.32 Å². The van der Waals surface area contributed by atoms with Crippen LogP contribution < -0.4 is 5.32 Å². The number of hydrogen-bond acceptors (Lipinski definition) is 2. The summed E-state index contributed by atoms with van der Waals surface area (Å²) in [5.41, 5.74) is 6.40. The zero-order valence-corrected chi connectivity index (χ0v) is 14.1. The highest BCUT2D eigenvalue weighted by Crippen LogP contribution is 2.31. The smallest absolute Gasteiger partial charge is 0.135 e. The van der Waals surface area contributed by atoms with Crippen LogP contribution in [0.2, 0.25) is 0 Å². The summed E-state index contributed by atoms with van der Waals surface area (Å²) in [7, 11) is 0. The van der Waals surface area contributed by atoms with Crippen LogP contribution in [0, 0.1) is 0 Å². The Morgan fingerprint density at radius 1 is 0.500 bits per heavy atom. The molecule has 1 aromatic heterocycles. The fourth-order valence-corrected chi connectivity index (χ4v) is 3.35. The maximum Gasteiger partial charge on any atom is 0.135 e. The summed E-state index contributed by atoms with van der Waals surface area (Å²) < 4.78 is 5.89. The molecule has 2 nitrogen and oxygen atoms in total. The Bertz CT molecular complexity index is 1190. The molecule has 0 amide bonds. The molecule has 0 aliphatic rings. The van der Waals surface area contributed by atoms with Gasteiger partial charge in [-0.25, -0.2) is 0 Å². The van der Waals surface area contributed by atoms with Gasteiger partial charge < -0.3 is 9.73 Å². The van der Waals surface area contributed by atoms with Crippen LogP contribution in [0.4, 0.5) is 11.4 Å². The summed E-state index contributed by atoms with van der Waals surface area (Å²) in [6.07, 6.45) is 0. The minimum Gasteiger partial charge on any atom is -0.456 e. The molecule has 0 aliphatic carbocycles. The molecule has 5 aromatic rings. The van der Waals surface area contributed by atoms with E-state index in [1.807, 2.05) is 30.3 Å². The predicted octanol–water partition coefficient (Wildman–Crippen LogP) is 7.00. The third-order valence-electron chi connectivity index (χ3n) is 4.66. The number of para-hydroxylation sites is 1. The van der Waals surface area contributed by atoms with Gasteiger partial charge in [-0.1, -0.05) is 60.7 Å². The number of benzene rings is 4. The van der Waals surface area contributed by atoms with Gasteiger partial charge in [-0.2, -0.15) is 0 Å². The zero-order valence-electron chi connectivity index (χ0n) is 14.1. The lowest BCUT2D eigenvalue weighted by atomic mass is 10.1. The molecule has 1 heterocycles. The van der Waals surface area contributed by atoms with Crippen LogP contribution in [0.1, 0.15) is 0 Å². The van der Waals surface area contributed by atoms with Gasteiger partial charge >= 0.3 is 0 Å². The summed E-state index contributed by atoms with van der Waals surface area (Å²) in [4.78, 5) is 0. The van der Waals surface area contributed by atoms with Crippen LogP contribution >= 0.6 is 0 Å². The summed E-state index contributed by atoms with van der Waals surface area (Å²) in [5, 5.41) is 5.76. The van der Waals surface area contributed by atoms with E-state index in [-0.39, 0.29) is 0 Å². The van der Waals surface area contributed by atoms with E-state index in [0.717, 1.165) is 33.3 Å². The molecule has 0 radical (unpaired) electrons. The van der Waals surface area contributed by atoms with E-state index in [9.17, 15) is 0 Å². The molecule has 0 aliphatic heterocycles. The van der Waals surface area contributed by atoms with Crippen LogP contribution in [0.15, 0.2) is 101 Å². The number of hydrogen-bond donors (Lipinski definition) is 1. The molecule has 5 rings (SSSR count). The number of nitrogens with one attached hydrogen (secondary N) is 1. The maximum absolute atomic E-state index is 5.89. The quantitative estimate of drug-likeness (QED) is 0.384. The van der Waals surface area contributed by atoms with Crippen molar-refractivity contribution in [3.05, 3.63) is 97.1 Å². The van der Waals surface area contributed by atoms with E-state index < -0.39 is 0 Å². The standard InChI is InChI=1S/C24H17NO/c1-2-6-17(7-3-1)18-10-12-19(13-11-18)25-20-14-15-24-22(16-20)21-8-4-5-9-23(21)26-24/h1-16,25H. The van der Waals surface area contributed by atoms with Crippen molar-refractivity contribution in [2.45, 2.75) is 0 Å². The lowest BCUT2D eigenvalue weighted by Gasteiger charge is -2.08. The van der Waals surface area contributed by atoms with E-state index >= 15 is 0 Å². The highest BCUT2D eigenvalue weighted by atomic mass is 16.3. The molecule has 26 heavy (non-hydrogen) atoms. The molecule has 0 unspecified atom stereocenters. The second-order valence-corrected chi connectivity index (χ2v) is 6.38. The third-order valence-corrected chi connectivity index (χ3v) is 4.66. The van der Waals surface area contributed by atoms with Crippen molar-refractivity contribution in [2.24, 2.45) is 0 Å². The Labute approximate surface area is 151 Å². The molecule has 0 spiro atoms. The molecular formula is C24H17NO. The van der Waals surface area contributed by atoms with E-state index in [0.29, 0.717) is 0 Å². The van der Waals surface area contributed by atoms with Gasteiger partial charge in [0.2, 0.25) is 0 Å². The van der Waals surface area contributed by atoms with Crippen LogP contribution in [0.3, 0.4) is 0 Å². The molecule has 124 valence electrons. The molecule has 4 aromatic carbocycles. The Balaban J connectivity index is 1.46.